The minimum Gasteiger partial charge on any atom is -0.508 e. The van der Waals surface area contributed by atoms with Crippen LogP contribution in [0.1, 0.15) is 53.9 Å². The molecule has 1 atom stereocenters. The van der Waals surface area contributed by atoms with E-state index in [1.54, 1.807) is 13.2 Å². The summed E-state index contributed by atoms with van der Waals surface area (Å²) in [5.41, 5.74) is 6.48. The second-order valence-corrected chi connectivity index (χ2v) is 10.5. The predicted octanol–water partition coefficient (Wildman–Crippen LogP) is 6.10. The molecule has 0 aliphatic heterocycles. The molecule has 1 fully saturated rings. The highest BCUT2D eigenvalue weighted by Crippen LogP contribution is 2.38. The van der Waals surface area contributed by atoms with Crippen molar-refractivity contribution in [3.05, 3.63) is 82.9 Å². The Bertz CT molecular complexity index is 1160. The van der Waals surface area contributed by atoms with Crippen LogP contribution >= 0.6 is 0 Å². The Labute approximate surface area is 221 Å². The first-order chi connectivity index (χ1) is 18.2. The number of aromatic hydroxyl groups is 1. The summed E-state index contributed by atoms with van der Waals surface area (Å²) in [4.78, 5) is 0. The summed E-state index contributed by atoms with van der Waals surface area (Å²) < 4.78 is 11.4. The van der Waals surface area contributed by atoms with Crippen molar-refractivity contribution in [1.82, 2.24) is 5.32 Å². The number of hydrogen-bond acceptors (Lipinski definition) is 5. The minimum absolute atomic E-state index is 0.364. The number of phenolic OH excluding ortho intramolecular Hbond substituents is 1. The largest absolute Gasteiger partial charge is 0.508 e. The number of anilines is 1. The van der Waals surface area contributed by atoms with Crippen molar-refractivity contribution in [2.45, 2.75) is 50.9 Å². The van der Waals surface area contributed by atoms with Crippen LogP contribution in [0.5, 0.6) is 17.2 Å². The van der Waals surface area contributed by atoms with Gasteiger partial charge in [-0.25, -0.2) is 0 Å². The number of rotatable bonds is 13. The first-order valence-electron chi connectivity index (χ1n) is 13.8. The van der Waals surface area contributed by atoms with Crippen LogP contribution in [-0.4, -0.2) is 38.5 Å². The molecule has 0 bridgehead atoms. The lowest BCUT2D eigenvalue weighted by molar-refractivity contribution is 0.313. The lowest BCUT2D eigenvalue weighted by atomic mass is 9.79. The molecule has 196 valence electrons. The molecule has 0 spiro atoms. The minimum atomic E-state index is 0.364. The lowest BCUT2D eigenvalue weighted by Crippen LogP contribution is -2.23. The Morgan fingerprint density at radius 3 is 2.54 bits per heavy atom. The van der Waals surface area contributed by atoms with Crippen molar-refractivity contribution in [2.24, 2.45) is 5.92 Å². The van der Waals surface area contributed by atoms with Gasteiger partial charge in [-0.2, -0.15) is 0 Å². The summed E-state index contributed by atoms with van der Waals surface area (Å²) in [6.45, 7) is 3.66. The molecule has 5 nitrogen and oxygen atoms in total. The SMILES string of the molecule is COc1ccc(C2CCc3cc(O)ccc3C2)c(NCCCc2ccc(OCCNCC3CC3)cc2)c1. The van der Waals surface area contributed by atoms with Crippen LogP contribution in [0.15, 0.2) is 60.7 Å². The van der Waals surface area contributed by atoms with Gasteiger partial charge in [0.15, 0.2) is 0 Å². The standard InChI is InChI=1S/C32H40N2O3/c1-36-30-14-15-31(27-9-8-26-20-28(35)11-10-25(26)19-27)32(21-30)34-16-2-3-23-6-12-29(13-7-23)37-18-17-33-22-24-4-5-24/h6-7,10-15,20-21,24,27,33-35H,2-5,8-9,16-19,22H2,1H3. The molecule has 3 aromatic carbocycles. The van der Waals surface area contributed by atoms with E-state index in [4.69, 9.17) is 9.47 Å². The zero-order chi connectivity index (χ0) is 25.5. The second-order valence-electron chi connectivity index (χ2n) is 10.5. The smallest absolute Gasteiger partial charge is 0.120 e. The van der Waals surface area contributed by atoms with Gasteiger partial charge in [-0.15, -0.1) is 0 Å². The van der Waals surface area contributed by atoms with Gasteiger partial charge >= 0.3 is 0 Å². The van der Waals surface area contributed by atoms with Gasteiger partial charge in [-0.3, -0.25) is 0 Å². The highest BCUT2D eigenvalue weighted by Gasteiger charge is 2.23. The van der Waals surface area contributed by atoms with E-state index >= 15 is 0 Å². The molecule has 2 aliphatic rings. The third-order valence-electron chi connectivity index (χ3n) is 7.68. The van der Waals surface area contributed by atoms with Crippen LogP contribution in [0.4, 0.5) is 5.69 Å². The molecule has 3 aromatic rings. The van der Waals surface area contributed by atoms with Crippen molar-refractivity contribution < 1.29 is 14.6 Å². The molecule has 1 saturated carbocycles. The average Bonchev–Trinajstić information content (AvgIpc) is 3.76. The molecule has 0 saturated heterocycles. The summed E-state index contributed by atoms with van der Waals surface area (Å²) in [5.74, 6) is 3.56. The number of hydrogen-bond donors (Lipinski definition) is 3. The third-order valence-corrected chi connectivity index (χ3v) is 7.68. The van der Waals surface area contributed by atoms with E-state index in [0.29, 0.717) is 18.3 Å². The van der Waals surface area contributed by atoms with Crippen molar-refractivity contribution in [1.29, 1.82) is 0 Å². The van der Waals surface area contributed by atoms with Crippen LogP contribution < -0.4 is 20.1 Å². The molecule has 0 aromatic heterocycles. The lowest BCUT2D eigenvalue weighted by Gasteiger charge is -2.27. The fourth-order valence-corrected chi connectivity index (χ4v) is 5.32. The van der Waals surface area contributed by atoms with E-state index in [9.17, 15) is 5.11 Å². The van der Waals surface area contributed by atoms with Gasteiger partial charge in [0, 0.05) is 24.8 Å². The van der Waals surface area contributed by atoms with Crippen LogP contribution in [0.25, 0.3) is 0 Å². The normalized spacial score (nSPS) is 16.7. The summed E-state index contributed by atoms with van der Waals surface area (Å²) in [5, 5.41) is 17.0. The molecular formula is C32H40N2O3. The van der Waals surface area contributed by atoms with Crippen molar-refractivity contribution >= 4 is 5.69 Å². The highest BCUT2D eigenvalue weighted by molar-refractivity contribution is 5.57. The molecule has 0 heterocycles. The Morgan fingerprint density at radius 1 is 0.892 bits per heavy atom. The van der Waals surface area contributed by atoms with Gasteiger partial charge in [0.25, 0.3) is 0 Å². The van der Waals surface area contributed by atoms with Crippen molar-refractivity contribution in [2.75, 3.05) is 38.7 Å². The summed E-state index contributed by atoms with van der Waals surface area (Å²) >= 11 is 0. The molecule has 3 N–H and O–H groups in total. The zero-order valence-electron chi connectivity index (χ0n) is 22.0. The van der Waals surface area contributed by atoms with E-state index in [1.165, 1.54) is 40.8 Å². The molecular weight excluding hydrogens is 460 g/mol. The topological polar surface area (TPSA) is 62.8 Å². The highest BCUT2D eigenvalue weighted by atomic mass is 16.5. The quantitative estimate of drug-likeness (QED) is 0.248. The van der Waals surface area contributed by atoms with Gasteiger partial charge in [0.2, 0.25) is 0 Å². The number of methoxy groups -OCH3 is 1. The number of ether oxygens (including phenoxy) is 2. The van der Waals surface area contributed by atoms with Crippen LogP contribution in [-0.2, 0) is 19.3 Å². The number of phenols is 1. The Morgan fingerprint density at radius 2 is 1.73 bits per heavy atom. The van der Waals surface area contributed by atoms with Crippen LogP contribution in [0, 0.1) is 5.92 Å². The molecule has 5 rings (SSSR count). The Balaban J connectivity index is 1.11. The molecule has 5 heteroatoms. The van der Waals surface area contributed by atoms with Crippen molar-refractivity contribution in [3.8, 4) is 17.2 Å². The summed E-state index contributed by atoms with van der Waals surface area (Å²) in [6, 6.07) is 20.8. The second kappa shape index (κ2) is 12.4. The van der Waals surface area contributed by atoms with Crippen LogP contribution in [0.3, 0.4) is 0 Å². The summed E-state index contributed by atoms with van der Waals surface area (Å²) in [7, 11) is 1.72. The molecule has 0 radical (unpaired) electrons. The average molecular weight is 501 g/mol. The summed E-state index contributed by atoms with van der Waals surface area (Å²) in [6.07, 6.45) is 7.92. The Hall–Kier alpha value is -3.18. The maximum Gasteiger partial charge on any atom is 0.120 e. The molecule has 2 aliphatic carbocycles. The molecule has 1 unspecified atom stereocenters. The van der Waals surface area contributed by atoms with E-state index < -0.39 is 0 Å². The maximum atomic E-state index is 9.83. The monoisotopic (exact) mass is 500 g/mol. The number of aryl methyl sites for hydroxylation is 2. The third kappa shape index (κ3) is 7.20. The molecule has 0 amide bonds. The van der Waals surface area contributed by atoms with E-state index in [1.807, 2.05) is 6.07 Å². The van der Waals surface area contributed by atoms with E-state index in [2.05, 4.69) is 59.2 Å². The predicted molar refractivity (Wildman–Crippen MR) is 150 cm³/mol. The van der Waals surface area contributed by atoms with Gasteiger partial charge < -0.3 is 25.2 Å². The van der Waals surface area contributed by atoms with E-state index in [-0.39, 0.29) is 0 Å². The molecule has 37 heavy (non-hydrogen) atoms. The fourth-order valence-electron chi connectivity index (χ4n) is 5.32. The van der Waals surface area contributed by atoms with Gasteiger partial charge in [0.05, 0.1) is 7.11 Å². The number of benzene rings is 3. The van der Waals surface area contributed by atoms with Crippen molar-refractivity contribution in [3.63, 3.8) is 0 Å². The number of fused-ring (bicyclic) bond motifs is 1. The van der Waals surface area contributed by atoms with Gasteiger partial charge in [-0.1, -0.05) is 24.3 Å². The van der Waals surface area contributed by atoms with Gasteiger partial charge in [0.1, 0.15) is 23.9 Å². The first kappa shape index (κ1) is 25.5. The zero-order valence-corrected chi connectivity index (χ0v) is 22.0. The fraction of sp³-hybridized carbons (Fsp3) is 0.438. The van der Waals surface area contributed by atoms with Gasteiger partial charge in [-0.05, 0) is 116 Å². The maximum absolute atomic E-state index is 9.83. The first-order valence-corrected chi connectivity index (χ1v) is 13.8. The Kier molecular flexibility index (Phi) is 8.52. The number of nitrogens with one attached hydrogen (secondary N) is 2. The van der Waals surface area contributed by atoms with E-state index in [0.717, 1.165) is 69.2 Å². The van der Waals surface area contributed by atoms with Crippen LogP contribution in [0.2, 0.25) is 0 Å².